The third-order valence-electron chi connectivity index (χ3n) is 5.44. The first kappa shape index (κ1) is 22.5. The standard InChI is InChI=1S/C25H25N3O4S/c1-15(2)16-5-7-17(8-6-16)19-13-33-24-23(19)25(30)28(14-26-24)12-22(29)27-20-11-18(31-3)9-10-21(20)32-4/h5-11,13-15H,12H2,1-4H3,(H,27,29). The van der Waals surface area contributed by atoms with Gasteiger partial charge in [0, 0.05) is 17.0 Å². The number of anilines is 1. The van der Waals surface area contributed by atoms with Crippen LogP contribution in [0.1, 0.15) is 25.3 Å². The van der Waals surface area contributed by atoms with Crippen molar-refractivity contribution in [3.05, 3.63) is 70.1 Å². The van der Waals surface area contributed by atoms with Crippen LogP contribution in [0.25, 0.3) is 21.3 Å². The molecule has 1 N–H and O–H groups in total. The smallest absolute Gasteiger partial charge is 0.263 e. The SMILES string of the molecule is COc1ccc(OC)c(NC(=O)Cn2cnc3scc(-c4ccc(C(C)C)cc4)c3c2=O)c1. The van der Waals surface area contributed by atoms with Gasteiger partial charge in [-0.05, 0) is 29.2 Å². The number of hydrogen-bond donors (Lipinski definition) is 1. The van der Waals surface area contributed by atoms with Gasteiger partial charge < -0.3 is 14.8 Å². The Hall–Kier alpha value is -3.65. The molecule has 0 spiro atoms. The fourth-order valence-corrected chi connectivity index (χ4v) is 4.50. The Bertz CT molecular complexity index is 1360. The van der Waals surface area contributed by atoms with Crippen LogP contribution in [0.2, 0.25) is 0 Å². The number of aromatic nitrogens is 2. The van der Waals surface area contributed by atoms with Gasteiger partial charge in [0.1, 0.15) is 22.9 Å². The number of carbonyl (C=O) groups excluding carboxylic acids is 1. The topological polar surface area (TPSA) is 82.4 Å². The number of benzene rings is 2. The largest absolute Gasteiger partial charge is 0.497 e. The van der Waals surface area contributed by atoms with Gasteiger partial charge in [-0.15, -0.1) is 11.3 Å². The average molecular weight is 464 g/mol. The molecule has 170 valence electrons. The molecule has 0 aliphatic carbocycles. The van der Waals surface area contributed by atoms with Crippen LogP contribution in [0.15, 0.2) is 59.0 Å². The minimum absolute atomic E-state index is 0.177. The van der Waals surface area contributed by atoms with Crippen LogP contribution in [0, 0.1) is 0 Å². The molecule has 4 aromatic rings. The van der Waals surface area contributed by atoms with Crippen molar-refractivity contribution in [1.82, 2.24) is 9.55 Å². The molecule has 8 heteroatoms. The molecule has 0 aliphatic heterocycles. The van der Waals surface area contributed by atoms with Gasteiger partial charge in [-0.2, -0.15) is 0 Å². The quantitative estimate of drug-likeness (QED) is 0.421. The molecular weight excluding hydrogens is 438 g/mol. The van der Waals surface area contributed by atoms with E-state index in [1.54, 1.807) is 25.3 Å². The summed E-state index contributed by atoms with van der Waals surface area (Å²) >= 11 is 1.42. The molecule has 0 radical (unpaired) electrons. The van der Waals surface area contributed by atoms with Crippen molar-refractivity contribution in [3.8, 4) is 22.6 Å². The molecule has 2 aromatic heterocycles. The van der Waals surface area contributed by atoms with Gasteiger partial charge in [0.25, 0.3) is 5.56 Å². The van der Waals surface area contributed by atoms with Crippen LogP contribution in [-0.4, -0.2) is 29.7 Å². The third-order valence-corrected chi connectivity index (χ3v) is 6.33. The lowest BCUT2D eigenvalue weighted by Crippen LogP contribution is -2.28. The number of hydrogen-bond acceptors (Lipinski definition) is 6. The number of methoxy groups -OCH3 is 2. The summed E-state index contributed by atoms with van der Waals surface area (Å²) in [4.78, 5) is 31.1. The molecule has 0 atom stereocenters. The molecule has 0 saturated heterocycles. The number of fused-ring (bicyclic) bond motifs is 1. The molecule has 0 fully saturated rings. The maximum Gasteiger partial charge on any atom is 0.263 e. The summed E-state index contributed by atoms with van der Waals surface area (Å²) in [5.41, 5.74) is 3.22. The lowest BCUT2D eigenvalue weighted by molar-refractivity contribution is -0.116. The van der Waals surface area contributed by atoms with Crippen LogP contribution in [0.4, 0.5) is 5.69 Å². The van der Waals surface area contributed by atoms with Crippen molar-refractivity contribution in [2.45, 2.75) is 26.3 Å². The second kappa shape index (κ2) is 9.46. The van der Waals surface area contributed by atoms with E-state index in [-0.39, 0.29) is 18.0 Å². The van der Waals surface area contributed by atoms with E-state index in [0.29, 0.717) is 33.3 Å². The molecule has 4 rings (SSSR count). The maximum absolute atomic E-state index is 13.3. The van der Waals surface area contributed by atoms with Gasteiger partial charge in [-0.1, -0.05) is 38.1 Å². The van der Waals surface area contributed by atoms with Crippen molar-refractivity contribution in [2.24, 2.45) is 0 Å². The summed E-state index contributed by atoms with van der Waals surface area (Å²) in [6, 6.07) is 13.3. The second-order valence-corrected chi connectivity index (χ2v) is 8.76. The summed E-state index contributed by atoms with van der Waals surface area (Å²) in [6.07, 6.45) is 1.41. The molecule has 2 heterocycles. The molecule has 0 aliphatic rings. The summed E-state index contributed by atoms with van der Waals surface area (Å²) in [5, 5.41) is 5.25. The van der Waals surface area contributed by atoms with Crippen molar-refractivity contribution in [1.29, 1.82) is 0 Å². The lowest BCUT2D eigenvalue weighted by Gasteiger charge is -2.12. The first-order valence-corrected chi connectivity index (χ1v) is 11.4. The Kier molecular flexibility index (Phi) is 6.46. The number of amides is 1. The van der Waals surface area contributed by atoms with Crippen LogP contribution in [0.3, 0.4) is 0 Å². The van der Waals surface area contributed by atoms with E-state index in [9.17, 15) is 9.59 Å². The average Bonchev–Trinajstić information content (AvgIpc) is 3.26. The zero-order chi connectivity index (χ0) is 23.5. The highest BCUT2D eigenvalue weighted by molar-refractivity contribution is 7.17. The lowest BCUT2D eigenvalue weighted by atomic mass is 9.99. The first-order valence-electron chi connectivity index (χ1n) is 10.5. The minimum Gasteiger partial charge on any atom is -0.497 e. The molecule has 0 unspecified atom stereocenters. The third kappa shape index (κ3) is 4.61. The molecule has 0 saturated carbocycles. The van der Waals surface area contributed by atoms with Gasteiger partial charge >= 0.3 is 0 Å². The number of nitrogens with zero attached hydrogens (tertiary/aromatic N) is 2. The first-order chi connectivity index (χ1) is 15.9. The van der Waals surface area contributed by atoms with E-state index in [4.69, 9.17) is 9.47 Å². The van der Waals surface area contributed by atoms with Crippen molar-refractivity contribution in [2.75, 3.05) is 19.5 Å². The van der Waals surface area contributed by atoms with E-state index in [0.717, 1.165) is 11.1 Å². The van der Waals surface area contributed by atoms with Crippen LogP contribution in [0.5, 0.6) is 11.5 Å². The summed E-state index contributed by atoms with van der Waals surface area (Å²) in [7, 11) is 3.06. The number of ether oxygens (including phenoxy) is 2. The van der Waals surface area contributed by atoms with Crippen molar-refractivity contribution < 1.29 is 14.3 Å². The van der Waals surface area contributed by atoms with Crippen LogP contribution in [-0.2, 0) is 11.3 Å². The zero-order valence-corrected chi connectivity index (χ0v) is 19.7. The van der Waals surface area contributed by atoms with Crippen LogP contribution >= 0.6 is 11.3 Å². The number of rotatable bonds is 7. The number of thiophene rings is 1. The fraction of sp³-hybridized carbons (Fsp3) is 0.240. The Morgan fingerprint density at radius 1 is 1.12 bits per heavy atom. The number of carbonyl (C=O) groups is 1. The fourth-order valence-electron chi connectivity index (χ4n) is 3.60. The predicted octanol–water partition coefficient (Wildman–Crippen LogP) is 4.90. The Balaban J connectivity index is 1.63. The van der Waals surface area contributed by atoms with E-state index in [1.165, 1.54) is 34.9 Å². The van der Waals surface area contributed by atoms with E-state index >= 15 is 0 Å². The maximum atomic E-state index is 13.3. The molecule has 7 nitrogen and oxygen atoms in total. The Morgan fingerprint density at radius 2 is 1.88 bits per heavy atom. The molecule has 0 bridgehead atoms. The highest BCUT2D eigenvalue weighted by Gasteiger charge is 2.16. The van der Waals surface area contributed by atoms with Crippen molar-refractivity contribution in [3.63, 3.8) is 0 Å². The monoisotopic (exact) mass is 463 g/mol. The highest BCUT2D eigenvalue weighted by atomic mass is 32.1. The van der Waals surface area contributed by atoms with Gasteiger partial charge in [0.2, 0.25) is 5.91 Å². The van der Waals surface area contributed by atoms with Gasteiger partial charge in [-0.25, -0.2) is 4.98 Å². The molecule has 2 aromatic carbocycles. The van der Waals surface area contributed by atoms with E-state index in [1.807, 2.05) is 17.5 Å². The van der Waals surface area contributed by atoms with Gasteiger partial charge in [0.15, 0.2) is 0 Å². The van der Waals surface area contributed by atoms with Crippen molar-refractivity contribution >= 4 is 33.1 Å². The zero-order valence-electron chi connectivity index (χ0n) is 18.9. The summed E-state index contributed by atoms with van der Waals surface area (Å²) < 4.78 is 11.8. The molecular formula is C25H25N3O4S. The van der Waals surface area contributed by atoms with Crippen LogP contribution < -0.4 is 20.3 Å². The van der Waals surface area contributed by atoms with Gasteiger partial charge in [0.05, 0.1) is 31.6 Å². The van der Waals surface area contributed by atoms with E-state index in [2.05, 4.69) is 36.3 Å². The normalized spacial score (nSPS) is 11.1. The summed E-state index contributed by atoms with van der Waals surface area (Å²) in [6.45, 7) is 4.11. The number of nitrogens with one attached hydrogen (secondary N) is 1. The molecule has 1 amide bonds. The second-order valence-electron chi connectivity index (χ2n) is 7.90. The molecule has 33 heavy (non-hydrogen) atoms. The summed E-state index contributed by atoms with van der Waals surface area (Å²) in [5.74, 6) is 1.13. The minimum atomic E-state index is -0.372. The van der Waals surface area contributed by atoms with E-state index < -0.39 is 0 Å². The Labute approximate surface area is 195 Å². The Morgan fingerprint density at radius 3 is 2.55 bits per heavy atom. The van der Waals surface area contributed by atoms with Gasteiger partial charge in [-0.3, -0.25) is 14.2 Å². The highest BCUT2D eigenvalue weighted by Crippen LogP contribution is 2.32. The predicted molar refractivity (Wildman–Crippen MR) is 132 cm³/mol.